The van der Waals surface area contributed by atoms with Gasteiger partial charge in [0, 0.05) is 29.6 Å². The number of carboxylic acids is 1. The molecule has 3 aliphatic rings. The molecule has 3 rings (SSSR count). The fraction of sp³-hybridized carbons (Fsp3) is 0.682. The first-order valence-electron chi connectivity index (χ1n) is 10.3. The van der Waals surface area contributed by atoms with Gasteiger partial charge in [-0.2, -0.15) is 0 Å². The lowest BCUT2D eigenvalue weighted by atomic mass is 9.51. The van der Waals surface area contributed by atoms with Gasteiger partial charge in [0.2, 0.25) is 5.79 Å². The molecule has 0 aromatic rings. The van der Waals surface area contributed by atoms with Crippen molar-refractivity contribution < 1.29 is 33.7 Å². The van der Waals surface area contributed by atoms with Crippen LogP contribution in [-0.4, -0.2) is 41.5 Å². The van der Waals surface area contributed by atoms with Crippen molar-refractivity contribution in [2.24, 2.45) is 17.3 Å². The van der Waals surface area contributed by atoms with Crippen molar-refractivity contribution in [1.82, 2.24) is 0 Å². The highest BCUT2D eigenvalue weighted by Gasteiger charge is 2.67. The quantitative estimate of drug-likeness (QED) is 0.552. The average Bonchev–Trinajstić information content (AvgIpc) is 2.91. The zero-order valence-electron chi connectivity index (χ0n) is 17.7. The number of esters is 2. The van der Waals surface area contributed by atoms with Gasteiger partial charge in [-0.1, -0.05) is 19.4 Å². The van der Waals surface area contributed by atoms with Crippen LogP contribution in [0.25, 0.3) is 0 Å². The summed E-state index contributed by atoms with van der Waals surface area (Å²) in [4.78, 5) is 37.5. The highest BCUT2D eigenvalue weighted by Crippen LogP contribution is 2.61. The van der Waals surface area contributed by atoms with E-state index in [0.717, 1.165) is 12.8 Å². The van der Waals surface area contributed by atoms with E-state index in [1.165, 1.54) is 0 Å². The lowest BCUT2D eigenvalue weighted by molar-refractivity contribution is -0.245. The zero-order chi connectivity index (χ0) is 21.6. The summed E-state index contributed by atoms with van der Waals surface area (Å²) in [6.07, 6.45) is 3.12. The Bertz CT molecular complexity index is 795. The molecule has 2 aliphatic carbocycles. The number of carbonyl (C=O) groups excluding carboxylic acids is 2. The fourth-order valence-electron chi connectivity index (χ4n) is 5.35. The van der Waals surface area contributed by atoms with E-state index in [4.69, 9.17) is 14.2 Å². The SMILES string of the molecule is C/C=C(/C)C(=O)O[C@H]1C2=C(C)C(=O)O[C@]2(OCC)C[C@H]2CCC[C@H](C(=O)O)[C@]21C. The minimum atomic E-state index is -1.30. The molecule has 0 saturated heterocycles. The van der Waals surface area contributed by atoms with Crippen LogP contribution in [0, 0.1) is 17.3 Å². The molecule has 1 heterocycles. The molecule has 7 nitrogen and oxygen atoms in total. The smallest absolute Gasteiger partial charge is 0.336 e. The van der Waals surface area contributed by atoms with Crippen LogP contribution < -0.4 is 0 Å². The van der Waals surface area contributed by atoms with Gasteiger partial charge >= 0.3 is 17.9 Å². The topological polar surface area (TPSA) is 99.1 Å². The van der Waals surface area contributed by atoms with E-state index >= 15 is 0 Å². The molecule has 0 unspecified atom stereocenters. The summed E-state index contributed by atoms with van der Waals surface area (Å²) in [7, 11) is 0. The second-order valence-electron chi connectivity index (χ2n) is 8.46. The van der Waals surface area contributed by atoms with Crippen molar-refractivity contribution in [2.75, 3.05) is 6.61 Å². The van der Waals surface area contributed by atoms with Crippen LogP contribution in [0.15, 0.2) is 22.8 Å². The first-order chi connectivity index (χ1) is 13.6. The molecule has 0 bridgehead atoms. The maximum Gasteiger partial charge on any atom is 0.336 e. The summed E-state index contributed by atoms with van der Waals surface area (Å²) < 4.78 is 17.6. The Kier molecular flexibility index (Phi) is 5.64. The van der Waals surface area contributed by atoms with Crippen LogP contribution in [0.5, 0.6) is 0 Å². The van der Waals surface area contributed by atoms with E-state index in [1.54, 1.807) is 26.8 Å². The van der Waals surface area contributed by atoms with Crippen molar-refractivity contribution in [3.63, 3.8) is 0 Å². The van der Waals surface area contributed by atoms with Crippen molar-refractivity contribution in [1.29, 1.82) is 0 Å². The van der Waals surface area contributed by atoms with Crippen LogP contribution in [-0.2, 0) is 28.6 Å². The van der Waals surface area contributed by atoms with Crippen LogP contribution in [0.1, 0.15) is 60.3 Å². The van der Waals surface area contributed by atoms with Gasteiger partial charge in [-0.15, -0.1) is 0 Å². The number of allylic oxidation sites excluding steroid dienone is 1. The summed E-state index contributed by atoms with van der Waals surface area (Å²) in [5.41, 5.74) is 0.361. The zero-order valence-corrected chi connectivity index (χ0v) is 17.7. The number of ether oxygens (including phenoxy) is 3. The summed E-state index contributed by atoms with van der Waals surface area (Å²) in [5, 5.41) is 9.98. The maximum atomic E-state index is 12.7. The van der Waals surface area contributed by atoms with Gasteiger partial charge in [0.15, 0.2) is 0 Å². The molecule has 1 aliphatic heterocycles. The van der Waals surface area contributed by atoms with E-state index in [9.17, 15) is 19.5 Å². The van der Waals surface area contributed by atoms with Crippen molar-refractivity contribution in [2.45, 2.75) is 72.2 Å². The van der Waals surface area contributed by atoms with E-state index in [1.807, 2.05) is 13.8 Å². The Morgan fingerprint density at radius 1 is 1.34 bits per heavy atom. The molecule has 1 N–H and O–H groups in total. The minimum Gasteiger partial charge on any atom is -0.481 e. The second-order valence-corrected chi connectivity index (χ2v) is 8.46. The fourth-order valence-corrected chi connectivity index (χ4v) is 5.35. The number of aliphatic carboxylic acids is 1. The molecule has 2 fully saturated rings. The van der Waals surface area contributed by atoms with Crippen molar-refractivity contribution in [3.05, 3.63) is 22.8 Å². The summed E-state index contributed by atoms with van der Waals surface area (Å²) in [6.45, 7) is 9.01. The Balaban J connectivity index is 2.20. The third kappa shape index (κ3) is 3.19. The first-order valence-corrected chi connectivity index (χ1v) is 10.3. The number of carboxylic acid groups (broad SMARTS) is 1. The largest absolute Gasteiger partial charge is 0.481 e. The average molecular weight is 406 g/mol. The van der Waals surface area contributed by atoms with E-state index in [2.05, 4.69) is 0 Å². The second kappa shape index (κ2) is 7.59. The number of rotatable bonds is 5. The molecule has 0 radical (unpaired) electrons. The van der Waals surface area contributed by atoms with Gasteiger partial charge in [-0.25, -0.2) is 9.59 Å². The highest BCUT2D eigenvalue weighted by atomic mass is 16.7. The van der Waals surface area contributed by atoms with Gasteiger partial charge in [-0.05, 0) is 46.5 Å². The highest BCUT2D eigenvalue weighted by molar-refractivity contribution is 5.93. The standard InChI is InChI=1S/C22H30O7/c1-6-12(3)19(25)28-17-16-13(4)20(26)29-22(16,27-7-2)11-14-9-8-10-15(18(23)24)21(14,17)5/h6,14-15,17H,7-11H2,1-5H3,(H,23,24)/b12-6-/t14-,15-,17+,21+,22-/m1/s1. The molecular formula is C22H30O7. The summed E-state index contributed by atoms with van der Waals surface area (Å²) >= 11 is 0. The van der Waals surface area contributed by atoms with Crippen molar-refractivity contribution >= 4 is 17.9 Å². The Labute approximate surface area is 171 Å². The van der Waals surface area contributed by atoms with Crippen LogP contribution in [0.3, 0.4) is 0 Å². The number of hydrogen-bond acceptors (Lipinski definition) is 6. The van der Waals surface area contributed by atoms with Crippen molar-refractivity contribution in [3.8, 4) is 0 Å². The molecule has 5 atom stereocenters. The molecular weight excluding hydrogens is 376 g/mol. The Morgan fingerprint density at radius 2 is 2.03 bits per heavy atom. The van der Waals surface area contributed by atoms with Crippen LogP contribution >= 0.6 is 0 Å². The van der Waals surface area contributed by atoms with Gasteiger partial charge in [0.1, 0.15) is 6.10 Å². The van der Waals surface area contributed by atoms with Gasteiger partial charge in [0.25, 0.3) is 0 Å². The van der Waals surface area contributed by atoms with Gasteiger partial charge < -0.3 is 19.3 Å². The maximum absolute atomic E-state index is 12.7. The van der Waals surface area contributed by atoms with E-state index in [-0.39, 0.29) is 5.92 Å². The molecule has 2 saturated carbocycles. The molecule has 0 spiro atoms. The third-order valence-corrected chi connectivity index (χ3v) is 7.05. The Morgan fingerprint density at radius 3 is 2.62 bits per heavy atom. The Hall–Kier alpha value is -2.15. The van der Waals surface area contributed by atoms with Gasteiger partial charge in [0.05, 0.1) is 11.5 Å². The van der Waals surface area contributed by atoms with Gasteiger partial charge in [-0.3, -0.25) is 4.79 Å². The molecule has 0 aromatic heterocycles. The summed E-state index contributed by atoms with van der Waals surface area (Å²) in [5.74, 6) is -4.07. The molecule has 0 amide bonds. The van der Waals surface area contributed by atoms with E-state index in [0.29, 0.717) is 36.2 Å². The predicted octanol–water partition coefficient (Wildman–Crippen LogP) is 3.38. The van der Waals surface area contributed by atoms with Crippen LogP contribution in [0.4, 0.5) is 0 Å². The lowest BCUT2D eigenvalue weighted by Gasteiger charge is -2.56. The lowest BCUT2D eigenvalue weighted by Crippen LogP contribution is -2.61. The summed E-state index contributed by atoms with van der Waals surface area (Å²) in [6, 6.07) is 0. The number of fused-ring (bicyclic) bond motifs is 2. The number of hydrogen-bond donors (Lipinski definition) is 1. The molecule has 0 aromatic carbocycles. The third-order valence-electron chi connectivity index (χ3n) is 7.05. The molecule has 29 heavy (non-hydrogen) atoms. The minimum absolute atomic E-state index is 0.130. The predicted molar refractivity (Wildman–Crippen MR) is 104 cm³/mol. The normalized spacial score (nSPS) is 36.9. The molecule has 7 heteroatoms. The first kappa shape index (κ1) is 21.6. The van der Waals surface area contributed by atoms with E-state index < -0.39 is 41.1 Å². The number of carbonyl (C=O) groups is 3. The van der Waals surface area contributed by atoms with Crippen LogP contribution in [0.2, 0.25) is 0 Å². The monoisotopic (exact) mass is 406 g/mol. The molecule has 160 valence electrons.